The molecule has 0 aromatic carbocycles. The summed E-state index contributed by atoms with van der Waals surface area (Å²) in [5, 5.41) is 9.38. The summed E-state index contributed by atoms with van der Waals surface area (Å²) in [6.45, 7) is 0.913. The topological polar surface area (TPSA) is 57.8 Å². The first-order valence-electron chi connectivity index (χ1n) is 4.82. The molecule has 15 heavy (non-hydrogen) atoms. The van der Waals surface area contributed by atoms with Gasteiger partial charge in [-0.1, -0.05) is 0 Å². The summed E-state index contributed by atoms with van der Waals surface area (Å²) in [4.78, 5) is 11.2. The van der Waals surface area contributed by atoms with E-state index in [0.717, 1.165) is 12.2 Å². The van der Waals surface area contributed by atoms with Gasteiger partial charge in [0, 0.05) is 6.54 Å². The zero-order valence-corrected chi connectivity index (χ0v) is 10.5. The first-order chi connectivity index (χ1) is 7.27. The monoisotopic (exact) mass is 289 g/mol. The molecule has 1 aliphatic rings. The van der Waals surface area contributed by atoms with Gasteiger partial charge in [0.25, 0.3) is 5.56 Å². The van der Waals surface area contributed by atoms with Gasteiger partial charge in [0.15, 0.2) is 0 Å². The molecule has 1 saturated heterocycles. The quantitative estimate of drug-likeness (QED) is 0.889. The van der Waals surface area contributed by atoms with E-state index in [-0.39, 0.29) is 5.56 Å². The lowest BCUT2D eigenvalue weighted by atomic mass is 10.1. The van der Waals surface area contributed by atoms with Crippen molar-refractivity contribution in [3.63, 3.8) is 0 Å². The molecule has 1 aromatic rings. The minimum absolute atomic E-state index is 0.194. The second-order valence-electron chi connectivity index (χ2n) is 3.54. The lowest BCUT2D eigenvalue weighted by molar-refractivity contribution is 0.631. The van der Waals surface area contributed by atoms with Crippen molar-refractivity contribution in [3.8, 4) is 0 Å². The number of thioether (sulfide) groups is 1. The average Bonchev–Trinajstić information content (AvgIpc) is 2.73. The van der Waals surface area contributed by atoms with Crippen LogP contribution in [0.2, 0.25) is 0 Å². The van der Waals surface area contributed by atoms with Gasteiger partial charge < -0.3 is 5.32 Å². The van der Waals surface area contributed by atoms with Crippen molar-refractivity contribution in [2.75, 3.05) is 23.4 Å². The summed E-state index contributed by atoms with van der Waals surface area (Å²) in [5.74, 6) is 3.17. The van der Waals surface area contributed by atoms with Crippen molar-refractivity contribution in [3.05, 3.63) is 21.0 Å². The molecule has 2 heterocycles. The third-order valence-corrected chi connectivity index (χ3v) is 4.42. The Hall–Kier alpha value is -0.490. The summed E-state index contributed by atoms with van der Waals surface area (Å²) >= 11 is 5.23. The first-order valence-corrected chi connectivity index (χ1v) is 6.77. The molecular weight excluding hydrogens is 278 g/mol. The molecule has 0 bridgehead atoms. The van der Waals surface area contributed by atoms with Gasteiger partial charge in [-0.15, -0.1) is 0 Å². The molecule has 1 atom stereocenters. The smallest absolute Gasteiger partial charge is 0.280 e. The largest absolute Gasteiger partial charge is 0.382 e. The number of rotatable bonds is 3. The third-order valence-electron chi connectivity index (χ3n) is 2.40. The van der Waals surface area contributed by atoms with Gasteiger partial charge in [-0.25, -0.2) is 5.10 Å². The fourth-order valence-electron chi connectivity index (χ4n) is 1.51. The Morgan fingerprint density at radius 1 is 1.73 bits per heavy atom. The molecular formula is C9H12BrN3OS. The van der Waals surface area contributed by atoms with Crippen LogP contribution in [0.15, 0.2) is 15.5 Å². The van der Waals surface area contributed by atoms with Crippen LogP contribution in [0.1, 0.15) is 6.42 Å². The van der Waals surface area contributed by atoms with E-state index in [0.29, 0.717) is 10.4 Å². The molecule has 0 saturated carbocycles. The molecule has 1 aliphatic heterocycles. The highest BCUT2D eigenvalue weighted by atomic mass is 79.9. The van der Waals surface area contributed by atoms with E-state index >= 15 is 0 Å². The number of halogens is 1. The van der Waals surface area contributed by atoms with Crippen LogP contribution in [0.5, 0.6) is 0 Å². The maximum Gasteiger partial charge on any atom is 0.280 e. The summed E-state index contributed by atoms with van der Waals surface area (Å²) in [5.41, 5.74) is 0.580. The van der Waals surface area contributed by atoms with E-state index in [4.69, 9.17) is 0 Å². The molecule has 0 radical (unpaired) electrons. The van der Waals surface area contributed by atoms with Crippen molar-refractivity contribution in [1.29, 1.82) is 0 Å². The van der Waals surface area contributed by atoms with Crippen LogP contribution in [0.25, 0.3) is 0 Å². The molecule has 4 nitrogen and oxygen atoms in total. The van der Waals surface area contributed by atoms with Gasteiger partial charge in [-0.2, -0.15) is 16.9 Å². The highest BCUT2D eigenvalue weighted by molar-refractivity contribution is 9.10. The van der Waals surface area contributed by atoms with Crippen LogP contribution in [0.4, 0.5) is 5.69 Å². The van der Waals surface area contributed by atoms with E-state index in [9.17, 15) is 4.79 Å². The normalized spacial score (nSPS) is 20.5. The average molecular weight is 290 g/mol. The highest BCUT2D eigenvalue weighted by Gasteiger charge is 2.15. The van der Waals surface area contributed by atoms with E-state index in [1.54, 1.807) is 6.20 Å². The molecule has 1 fully saturated rings. The molecule has 82 valence electrons. The fourth-order valence-corrected chi connectivity index (χ4v) is 3.12. The Labute approximate surface area is 100 Å². The van der Waals surface area contributed by atoms with Crippen LogP contribution in [0, 0.1) is 5.92 Å². The number of H-pyrrole nitrogens is 1. The van der Waals surface area contributed by atoms with Crippen LogP contribution in [-0.4, -0.2) is 28.2 Å². The minimum atomic E-state index is -0.194. The van der Waals surface area contributed by atoms with Crippen molar-refractivity contribution < 1.29 is 0 Å². The van der Waals surface area contributed by atoms with E-state index in [2.05, 4.69) is 31.4 Å². The molecule has 1 unspecified atom stereocenters. The number of nitrogens with one attached hydrogen (secondary N) is 2. The zero-order valence-electron chi connectivity index (χ0n) is 8.12. The maximum atomic E-state index is 11.2. The number of aromatic nitrogens is 2. The molecule has 0 aliphatic carbocycles. The molecule has 2 rings (SSSR count). The van der Waals surface area contributed by atoms with E-state index in [1.807, 2.05) is 11.8 Å². The second kappa shape index (κ2) is 5.03. The van der Waals surface area contributed by atoms with Crippen molar-refractivity contribution in [2.45, 2.75) is 6.42 Å². The predicted octanol–water partition coefficient (Wildman–Crippen LogP) is 1.70. The fraction of sp³-hybridized carbons (Fsp3) is 0.556. The molecule has 6 heteroatoms. The van der Waals surface area contributed by atoms with E-state index < -0.39 is 0 Å². The number of nitrogens with zero attached hydrogens (tertiary/aromatic N) is 1. The molecule has 0 spiro atoms. The molecule has 2 N–H and O–H groups in total. The van der Waals surface area contributed by atoms with Gasteiger partial charge in [-0.05, 0) is 39.8 Å². The summed E-state index contributed by atoms with van der Waals surface area (Å²) < 4.78 is 0.531. The number of hydrogen-bond donors (Lipinski definition) is 2. The Morgan fingerprint density at radius 3 is 3.33 bits per heavy atom. The highest BCUT2D eigenvalue weighted by Crippen LogP contribution is 2.24. The van der Waals surface area contributed by atoms with Crippen LogP contribution in [0.3, 0.4) is 0 Å². The predicted molar refractivity (Wildman–Crippen MR) is 66.5 cm³/mol. The lowest BCUT2D eigenvalue weighted by Crippen LogP contribution is -2.17. The van der Waals surface area contributed by atoms with Gasteiger partial charge >= 0.3 is 0 Å². The number of hydrogen-bond acceptors (Lipinski definition) is 4. The Morgan fingerprint density at radius 2 is 2.60 bits per heavy atom. The van der Waals surface area contributed by atoms with Gasteiger partial charge in [0.05, 0.1) is 11.9 Å². The van der Waals surface area contributed by atoms with Gasteiger partial charge in [0.2, 0.25) is 0 Å². The van der Waals surface area contributed by atoms with Crippen molar-refractivity contribution in [1.82, 2.24) is 10.2 Å². The van der Waals surface area contributed by atoms with Crippen LogP contribution >= 0.6 is 27.7 Å². The molecule has 0 amide bonds. The molecule has 1 aromatic heterocycles. The van der Waals surface area contributed by atoms with E-state index in [1.165, 1.54) is 17.9 Å². The Bertz CT molecular complexity index is 389. The lowest BCUT2D eigenvalue weighted by Gasteiger charge is -2.11. The van der Waals surface area contributed by atoms with Crippen molar-refractivity contribution in [2.24, 2.45) is 5.92 Å². The van der Waals surface area contributed by atoms with Gasteiger partial charge in [0.1, 0.15) is 4.47 Å². The standard InChI is InChI=1S/C9H12BrN3OS/c10-8-7(4-12-13-9(8)14)11-3-6-1-2-15-5-6/h4,6H,1-3,5H2,(H2,11,13,14). The summed E-state index contributed by atoms with van der Waals surface area (Å²) in [6.07, 6.45) is 2.89. The Kier molecular flexibility index (Phi) is 3.69. The SMILES string of the molecule is O=c1[nH]ncc(NCC2CCSC2)c1Br. The maximum absolute atomic E-state index is 11.2. The number of aromatic amines is 1. The third kappa shape index (κ3) is 2.75. The zero-order chi connectivity index (χ0) is 10.7. The van der Waals surface area contributed by atoms with Crippen LogP contribution in [-0.2, 0) is 0 Å². The minimum Gasteiger partial charge on any atom is -0.382 e. The number of anilines is 1. The summed E-state index contributed by atoms with van der Waals surface area (Å²) in [6, 6.07) is 0. The van der Waals surface area contributed by atoms with Crippen LogP contribution < -0.4 is 10.9 Å². The summed E-state index contributed by atoms with van der Waals surface area (Å²) in [7, 11) is 0. The van der Waals surface area contributed by atoms with Gasteiger partial charge in [-0.3, -0.25) is 4.79 Å². The second-order valence-corrected chi connectivity index (χ2v) is 5.48. The first kappa shape index (κ1) is 11.0. The van der Waals surface area contributed by atoms with Crippen molar-refractivity contribution >= 4 is 33.4 Å². The Balaban J connectivity index is 1.98.